The van der Waals surface area contributed by atoms with Crippen LogP contribution in [0.25, 0.3) is 0 Å². The SMILES string of the molecule is COC(=O)C(C)(C)[C@H](O)C=C[C@@H](C)[C@H]1CC[C@H]2C(=CC=C3C[C@@H](O)C[C@H](O)C3)CCC[C@]12C. The molecule has 0 radical (unpaired) electrons. The van der Waals surface area contributed by atoms with E-state index >= 15 is 0 Å². The van der Waals surface area contributed by atoms with Crippen LogP contribution in [0.15, 0.2) is 35.5 Å². The Labute approximate surface area is 199 Å². The summed E-state index contributed by atoms with van der Waals surface area (Å²) in [6.07, 6.45) is 14.2. The molecule has 3 rings (SSSR count). The van der Waals surface area contributed by atoms with Crippen LogP contribution in [0.3, 0.4) is 0 Å². The average Bonchev–Trinajstić information content (AvgIpc) is 3.11. The first kappa shape index (κ1) is 26.2. The van der Waals surface area contributed by atoms with Crippen LogP contribution >= 0.6 is 0 Å². The van der Waals surface area contributed by atoms with Crippen LogP contribution < -0.4 is 0 Å². The third kappa shape index (κ3) is 5.63. The third-order valence-electron chi connectivity index (χ3n) is 8.79. The Hall–Kier alpha value is -1.43. The molecule has 0 amide bonds. The van der Waals surface area contributed by atoms with Crippen LogP contribution in [-0.4, -0.2) is 46.7 Å². The Bertz CT molecular complexity index is 782. The van der Waals surface area contributed by atoms with E-state index in [1.54, 1.807) is 19.9 Å². The largest absolute Gasteiger partial charge is 0.469 e. The first-order valence-electron chi connectivity index (χ1n) is 12.7. The van der Waals surface area contributed by atoms with E-state index in [1.165, 1.54) is 31.9 Å². The second-order valence-electron chi connectivity index (χ2n) is 11.5. The Kier molecular flexibility index (Phi) is 8.29. The molecule has 186 valence electrons. The molecule has 3 saturated carbocycles. The summed E-state index contributed by atoms with van der Waals surface area (Å²) in [6, 6.07) is 0. The van der Waals surface area contributed by atoms with E-state index in [9.17, 15) is 20.1 Å². The zero-order valence-corrected chi connectivity index (χ0v) is 21.1. The molecule has 7 atom stereocenters. The van der Waals surface area contributed by atoms with E-state index in [1.807, 2.05) is 0 Å². The van der Waals surface area contributed by atoms with Crippen molar-refractivity contribution >= 4 is 5.97 Å². The van der Waals surface area contributed by atoms with Gasteiger partial charge in [-0.05, 0) is 88.4 Å². The number of methoxy groups -OCH3 is 1. The minimum absolute atomic E-state index is 0.223. The standard InChI is InChI=1S/C28H44O5/c1-18(8-13-25(31)27(2,3)26(32)33-5)23-11-12-24-20(7-6-14-28(23,24)4)10-9-19-15-21(29)17-22(30)16-19/h8-10,13,18,21-25,29-31H,6-7,11-12,14-17H2,1-5H3/t18-,21-,22-,23-,24+,25-,28-/m1/s1. The summed E-state index contributed by atoms with van der Waals surface area (Å²) < 4.78 is 4.85. The number of hydrogen-bond acceptors (Lipinski definition) is 5. The van der Waals surface area contributed by atoms with Crippen molar-refractivity contribution in [2.45, 2.75) is 97.4 Å². The Morgan fingerprint density at radius 3 is 2.45 bits per heavy atom. The fourth-order valence-electron chi connectivity index (χ4n) is 6.71. The number of fused-ring (bicyclic) bond motifs is 1. The quantitative estimate of drug-likeness (QED) is 0.395. The van der Waals surface area contributed by atoms with Gasteiger partial charge in [0.25, 0.3) is 0 Å². The van der Waals surface area contributed by atoms with Gasteiger partial charge in [0.2, 0.25) is 0 Å². The molecule has 0 aromatic rings. The second-order valence-corrected chi connectivity index (χ2v) is 11.5. The van der Waals surface area contributed by atoms with Crippen molar-refractivity contribution in [2.24, 2.45) is 28.6 Å². The fraction of sp³-hybridized carbons (Fsp3) is 0.750. The normalized spacial score (nSPS) is 36.0. The molecule has 0 unspecified atom stereocenters. The average molecular weight is 461 g/mol. The molecule has 33 heavy (non-hydrogen) atoms. The minimum Gasteiger partial charge on any atom is -0.469 e. The van der Waals surface area contributed by atoms with Crippen LogP contribution in [0.5, 0.6) is 0 Å². The molecule has 0 aromatic carbocycles. The van der Waals surface area contributed by atoms with Gasteiger partial charge in [-0.25, -0.2) is 0 Å². The summed E-state index contributed by atoms with van der Waals surface area (Å²) >= 11 is 0. The van der Waals surface area contributed by atoms with Crippen LogP contribution in [0, 0.1) is 28.6 Å². The Balaban J connectivity index is 1.72. The van der Waals surface area contributed by atoms with Crippen molar-refractivity contribution in [2.75, 3.05) is 7.11 Å². The summed E-state index contributed by atoms with van der Waals surface area (Å²) in [7, 11) is 1.35. The molecule has 0 aliphatic heterocycles. The highest BCUT2D eigenvalue weighted by atomic mass is 16.5. The third-order valence-corrected chi connectivity index (χ3v) is 8.79. The van der Waals surface area contributed by atoms with Crippen molar-refractivity contribution in [3.63, 3.8) is 0 Å². The maximum Gasteiger partial charge on any atom is 0.314 e. The highest BCUT2D eigenvalue weighted by Crippen LogP contribution is 2.59. The number of ether oxygens (including phenoxy) is 1. The maximum absolute atomic E-state index is 12.0. The van der Waals surface area contributed by atoms with Gasteiger partial charge in [-0.15, -0.1) is 0 Å². The molecule has 0 spiro atoms. The number of allylic oxidation sites excluding steroid dienone is 4. The molecule has 3 aliphatic rings. The maximum atomic E-state index is 12.0. The Morgan fingerprint density at radius 2 is 1.82 bits per heavy atom. The number of carbonyl (C=O) groups excluding carboxylic acids is 1. The predicted octanol–water partition coefficient (Wildman–Crippen LogP) is 4.71. The van der Waals surface area contributed by atoms with Gasteiger partial charge in [-0.2, -0.15) is 0 Å². The van der Waals surface area contributed by atoms with Gasteiger partial charge in [0.15, 0.2) is 0 Å². The molecule has 3 aliphatic carbocycles. The summed E-state index contributed by atoms with van der Waals surface area (Å²) in [5.41, 5.74) is 1.91. The lowest BCUT2D eigenvalue weighted by atomic mass is 9.61. The van der Waals surface area contributed by atoms with Crippen molar-refractivity contribution in [1.82, 2.24) is 0 Å². The van der Waals surface area contributed by atoms with E-state index in [2.05, 4.69) is 32.1 Å². The van der Waals surface area contributed by atoms with E-state index < -0.39 is 29.7 Å². The van der Waals surface area contributed by atoms with Gasteiger partial charge in [0, 0.05) is 0 Å². The topological polar surface area (TPSA) is 87.0 Å². The molecule has 0 saturated heterocycles. The van der Waals surface area contributed by atoms with E-state index in [4.69, 9.17) is 4.74 Å². The van der Waals surface area contributed by atoms with Crippen molar-refractivity contribution < 1.29 is 24.9 Å². The van der Waals surface area contributed by atoms with E-state index in [0.29, 0.717) is 37.0 Å². The number of aliphatic hydroxyl groups excluding tert-OH is 3. The van der Waals surface area contributed by atoms with Gasteiger partial charge >= 0.3 is 5.97 Å². The molecule has 5 heteroatoms. The number of aliphatic hydroxyl groups is 3. The predicted molar refractivity (Wildman–Crippen MR) is 130 cm³/mol. The smallest absolute Gasteiger partial charge is 0.314 e. The molecule has 3 fully saturated rings. The lowest BCUT2D eigenvalue weighted by Crippen LogP contribution is -2.37. The lowest BCUT2D eigenvalue weighted by Gasteiger charge is -2.44. The van der Waals surface area contributed by atoms with Crippen LogP contribution in [-0.2, 0) is 9.53 Å². The van der Waals surface area contributed by atoms with E-state index in [-0.39, 0.29) is 5.41 Å². The summed E-state index contributed by atoms with van der Waals surface area (Å²) in [6.45, 7) is 8.09. The zero-order chi connectivity index (χ0) is 24.4. The Morgan fingerprint density at radius 1 is 1.15 bits per heavy atom. The highest BCUT2D eigenvalue weighted by molar-refractivity contribution is 5.76. The minimum atomic E-state index is -0.971. The van der Waals surface area contributed by atoms with E-state index in [0.717, 1.165) is 18.4 Å². The van der Waals surface area contributed by atoms with Crippen molar-refractivity contribution in [3.8, 4) is 0 Å². The van der Waals surface area contributed by atoms with Crippen molar-refractivity contribution in [3.05, 3.63) is 35.5 Å². The number of hydrogen-bond donors (Lipinski definition) is 3. The molecule has 5 nitrogen and oxygen atoms in total. The zero-order valence-electron chi connectivity index (χ0n) is 21.1. The monoisotopic (exact) mass is 460 g/mol. The molecule has 0 aromatic heterocycles. The summed E-state index contributed by atoms with van der Waals surface area (Å²) in [4.78, 5) is 12.0. The van der Waals surface area contributed by atoms with Gasteiger partial charge in [-0.3, -0.25) is 4.79 Å². The van der Waals surface area contributed by atoms with Gasteiger partial charge < -0.3 is 20.1 Å². The fourth-order valence-corrected chi connectivity index (χ4v) is 6.71. The number of rotatable bonds is 6. The molecule has 3 N–H and O–H groups in total. The van der Waals surface area contributed by atoms with Crippen LogP contribution in [0.1, 0.15) is 79.1 Å². The summed E-state index contributed by atoms with van der Waals surface area (Å²) in [5.74, 6) is 0.986. The number of carbonyl (C=O) groups is 1. The molecule has 0 bridgehead atoms. The first-order chi connectivity index (χ1) is 15.5. The molecule has 0 heterocycles. The first-order valence-corrected chi connectivity index (χ1v) is 12.7. The van der Waals surface area contributed by atoms with Crippen LogP contribution in [0.4, 0.5) is 0 Å². The van der Waals surface area contributed by atoms with Gasteiger partial charge in [0.1, 0.15) is 0 Å². The van der Waals surface area contributed by atoms with Crippen molar-refractivity contribution in [1.29, 1.82) is 0 Å². The second kappa shape index (κ2) is 10.5. The van der Waals surface area contributed by atoms with Gasteiger partial charge in [0.05, 0.1) is 30.8 Å². The highest BCUT2D eigenvalue weighted by Gasteiger charge is 2.50. The van der Waals surface area contributed by atoms with Gasteiger partial charge in [-0.1, -0.05) is 49.3 Å². The lowest BCUT2D eigenvalue weighted by molar-refractivity contribution is -0.155. The molecular formula is C28H44O5. The summed E-state index contributed by atoms with van der Waals surface area (Å²) in [5, 5.41) is 30.6. The molecular weight excluding hydrogens is 416 g/mol. The van der Waals surface area contributed by atoms with Crippen LogP contribution in [0.2, 0.25) is 0 Å². The number of esters is 1.